The van der Waals surface area contributed by atoms with Crippen LogP contribution in [0.1, 0.15) is 29.4 Å². The lowest BCUT2D eigenvalue weighted by atomic mass is 10.1. The van der Waals surface area contributed by atoms with Gasteiger partial charge in [-0.2, -0.15) is 5.10 Å². The van der Waals surface area contributed by atoms with Gasteiger partial charge in [-0.3, -0.25) is 15.0 Å². The Morgan fingerprint density at radius 1 is 1.07 bits per heavy atom. The molecule has 1 heterocycles. The number of hydrogen-bond donors (Lipinski definition) is 2. The second-order valence-corrected chi connectivity index (χ2v) is 7.98. The molecule has 1 aromatic heterocycles. The molecule has 9 heteroatoms. The van der Waals surface area contributed by atoms with Crippen LogP contribution in [-0.2, 0) is 16.6 Å². The van der Waals surface area contributed by atoms with E-state index in [4.69, 9.17) is 0 Å². The molecule has 0 fully saturated rings. The number of aryl methyl sites for hydroxylation is 2. The summed E-state index contributed by atoms with van der Waals surface area (Å²) < 4.78 is 25.9. The molecule has 3 rings (SSSR count). The van der Waals surface area contributed by atoms with Crippen LogP contribution < -0.4 is 15.8 Å². The normalized spacial score (nSPS) is 11.5. The van der Waals surface area contributed by atoms with Crippen molar-refractivity contribution in [2.45, 2.75) is 31.7 Å². The molecule has 0 saturated heterocycles. The Kier molecular flexibility index (Phi) is 5.57. The van der Waals surface area contributed by atoms with E-state index in [0.29, 0.717) is 23.7 Å². The minimum Gasteiger partial charge on any atom is -0.272 e. The zero-order valence-electron chi connectivity index (χ0n) is 15.5. The molecule has 1 amide bonds. The fourth-order valence-electron chi connectivity index (χ4n) is 2.72. The molecule has 146 valence electrons. The van der Waals surface area contributed by atoms with Crippen LogP contribution in [0.15, 0.2) is 58.2 Å². The summed E-state index contributed by atoms with van der Waals surface area (Å²) in [6.07, 6.45) is 0.659. The van der Waals surface area contributed by atoms with E-state index < -0.39 is 15.9 Å². The smallest absolute Gasteiger partial charge is 0.272 e. The van der Waals surface area contributed by atoms with Gasteiger partial charge in [-0.15, -0.1) is 4.83 Å². The van der Waals surface area contributed by atoms with Crippen molar-refractivity contribution in [2.75, 3.05) is 0 Å². The van der Waals surface area contributed by atoms with Crippen LogP contribution in [0.2, 0.25) is 0 Å². The molecule has 0 spiro atoms. The Hall–Kier alpha value is -3.04. The summed E-state index contributed by atoms with van der Waals surface area (Å²) in [5.74, 6) is -0.753. The average molecular weight is 400 g/mol. The highest BCUT2D eigenvalue weighted by Crippen LogP contribution is 2.14. The predicted octanol–water partition coefficient (Wildman–Crippen LogP) is 1.74. The van der Waals surface area contributed by atoms with Crippen molar-refractivity contribution in [1.82, 2.24) is 20.0 Å². The predicted molar refractivity (Wildman–Crippen MR) is 105 cm³/mol. The Bertz CT molecular complexity index is 1180. The molecular weight excluding hydrogens is 380 g/mol. The van der Waals surface area contributed by atoms with Crippen LogP contribution in [0, 0.1) is 6.92 Å². The molecule has 3 aromatic rings. The second kappa shape index (κ2) is 7.91. The molecule has 0 atom stereocenters. The maximum absolute atomic E-state index is 12.6. The summed E-state index contributed by atoms with van der Waals surface area (Å²) in [6, 6.07) is 12.8. The highest BCUT2D eigenvalue weighted by molar-refractivity contribution is 7.89. The number of nitrogens with zero attached hydrogens (tertiary/aromatic N) is 2. The highest BCUT2D eigenvalue weighted by Gasteiger charge is 2.19. The fourth-order valence-corrected chi connectivity index (χ4v) is 3.55. The van der Waals surface area contributed by atoms with Gasteiger partial charge in [0, 0.05) is 11.9 Å². The number of rotatable bonds is 6. The summed E-state index contributed by atoms with van der Waals surface area (Å²) in [4.78, 5) is 27.2. The molecule has 0 aliphatic rings. The third-order valence-electron chi connectivity index (χ3n) is 4.15. The van der Waals surface area contributed by atoms with Gasteiger partial charge in [0.05, 0.1) is 10.3 Å². The molecule has 8 nitrogen and oxygen atoms in total. The van der Waals surface area contributed by atoms with E-state index in [9.17, 15) is 18.0 Å². The molecule has 0 bridgehead atoms. The van der Waals surface area contributed by atoms with Gasteiger partial charge in [0.15, 0.2) is 5.69 Å². The number of hydrogen-bond acceptors (Lipinski definition) is 5. The van der Waals surface area contributed by atoms with Crippen LogP contribution in [0.5, 0.6) is 0 Å². The van der Waals surface area contributed by atoms with E-state index in [2.05, 4.69) is 15.4 Å². The number of sulfonamides is 1. The lowest BCUT2D eigenvalue weighted by Gasteiger charge is -2.12. The molecule has 28 heavy (non-hydrogen) atoms. The van der Waals surface area contributed by atoms with Gasteiger partial charge in [0.2, 0.25) is 0 Å². The van der Waals surface area contributed by atoms with Crippen molar-refractivity contribution in [1.29, 1.82) is 0 Å². The van der Waals surface area contributed by atoms with E-state index in [1.807, 2.05) is 13.8 Å². The van der Waals surface area contributed by atoms with Gasteiger partial charge in [0.1, 0.15) is 0 Å². The first kappa shape index (κ1) is 19.7. The monoisotopic (exact) mass is 400 g/mol. The van der Waals surface area contributed by atoms with Crippen LogP contribution in [0.4, 0.5) is 0 Å². The van der Waals surface area contributed by atoms with Crippen LogP contribution in [0.25, 0.3) is 10.8 Å². The summed E-state index contributed by atoms with van der Waals surface area (Å²) in [6.45, 7) is 4.07. The minimum atomic E-state index is -3.94. The molecule has 0 aliphatic carbocycles. The van der Waals surface area contributed by atoms with Crippen molar-refractivity contribution in [3.8, 4) is 0 Å². The number of fused-ring (bicyclic) bond motifs is 1. The van der Waals surface area contributed by atoms with Gasteiger partial charge in [0.25, 0.3) is 21.5 Å². The Balaban J connectivity index is 1.92. The largest absolute Gasteiger partial charge is 0.287 e. The molecular formula is C19H20N4O4S. The lowest BCUT2D eigenvalue weighted by molar-refractivity contribution is 0.0939. The van der Waals surface area contributed by atoms with Crippen molar-refractivity contribution < 1.29 is 13.2 Å². The first-order chi connectivity index (χ1) is 13.3. The minimum absolute atomic E-state index is 0.0205. The quantitative estimate of drug-likeness (QED) is 0.613. The Labute approximate surface area is 162 Å². The van der Waals surface area contributed by atoms with Crippen molar-refractivity contribution in [2.24, 2.45) is 0 Å². The van der Waals surface area contributed by atoms with Crippen molar-refractivity contribution in [3.05, 3.63) is 70.1 Å². The summed E-state index contributed by atoms with van der Waals surface area (Å²) >= 11 is 0. The number of carbonyl (C=O) groups is 1. The number of carbonyl (C=O) groups excluding carboxylic acids is 1. The summed E-state index contributed by atoms with van der Waals surface area (Å²) in [5.41, 5.74) is 2.76. The van der Waals surface area contributed by atoms with Gasteiger partial charge in [-0.1, -0.05) is 42.8 Å². The third-order valence-corrected chi connectivity index (χ3v) is 5.41. The maximum Gasteiger partial charge on any atom is 0.287 e. The zero-order chi connectivity index (χ0) is 20.3. The second-order valence-electron chi connectivity index (χ2n) is 6.30. The molecule has 0 saturated carbocycles. The molecule has 2 aromatic carbocycles. The fraction of sp³-hybridized carbons (Fsp3) is 0.211. The molecule has 0 unspecified atom stereocenters. The number of hydrazine groups is 1. The Morgan fingerprint density at radius 2 is 1.71 bits per heavy atom. The number of nitrogens with one attached hydrogen (secondary N) is 2. The topological polar surface area (TPSA) is 110 Å². The van der Waals surface area contributed by atoms with E-state index in [0.717, 1.165) is 5.56 Å². The maximum atomic E-state index is 12.6. The molecule has 0 aliphatic heterocycles. The SMILES string of the molecule is CCCn1nc(C(=O)NNS(=O)(=O)c2ccc(C)cc2)c2ccccc2c1=O. The zero-order valence-corrected chi connectivity index (χ0v) is 16.3. The number of amides is 1. The molecule has 0 radical (unpaired) electrons. The standard InChI is InChI=1S/C19H20N4O4S/c1-3-12-23-19(25)16-7-5-4-6-15(16)17(21-23)18(24)20-22-28(26,27)14-10-8-13(2)9-11-14/h4-11,22H,3,12H2,1-2H3,(H,20,24). The van der Waals surface area contributed by atoms with Gasteiger partial charge >= 0.3 is 0 Å². The van der Waals surface area contributed by atoms with E-state index in [1.165, 1.54) is 16.8 Å². The first-order valence-corrected chi connectivity index (χ1v) is 10.2. The Morgan fingerprint density at radius 3 is 2.36 bits per heavy atom. The van der Waals surface area contributed by atoms with Crippen LogP contribution in [-0.4, -0.2) is 24.1 Å². The van der Waals surface area contributed by atoms with Crippen molar-refractivity contribution in [3.63, 3.8) is 0 Å². The summed E-state index contributed by atoms with van der Waals surface area (Å²) in [5, 5.41) is 4.83. The van der Waals surface area contributed by atoms with Gasteiger partial charge < -0.3 is 0 Å². The van der Waals surface area contributed by atoms with Gasteiger partial charge in [-0.25, -0.2) is 13.1 Å². The molecule has 2 N–H and O–H groups in total. The number of aromatic nitrogens is 2. The van der Waals surface area contributed by atoms with Crippen LogP contribution >= 0.6 is 0 Å². The number of benzene rings is 2. The summed E-state index contributed by atoms with van der Waals surface area (Å²) in [7, 11) is -3.94. The van der Waals surface area contributed by atoms with E-state index >= 15 is 0 Å². The van der Waals surface area contributed by atoms with Crippen molar-refractivity contribution >= 4 is 26.7 Å². The lowest BCUT2D eigenvalue weighted by Crippen LogP contribution is -2.42. The van der Waals surface area contributed by atoms with Gasteiger partial charge in [-0.05, 0) is 31.5 Å². The van der Waals surface area contributed by atoms with Crippen LogP contribution in [0.3, 0.4) is 0 Å². The first-order valence-electron chi connectivity index (χ1n) is 8.72. The third kappa shape index (κ3) is 3.95. The average Bonchev–Trinajstić information content (AvgIpc) is 2.69. The van der Waals surface area contributed by atoms with E-state index in [1.54, 1.807) is 36.4 Å². The highest BCUT2D eigenvalue weighted by atomic mass is 32.2. The van der Waals surface area contributed by atoms with E-state index in [-0.39, 0.29) is 16.1 Å².